The van der Waals surface area contributed by atoms with Crippen molar-refractivity contribution in [1.82, 2.24) is 0 Å². The van der Waals surface area contributed by atoms with Crippen LogP contribution in [-0.2, 0) is 4.79 Å². The third kappa shape index (κ3) is 2.65. The second-order valence-electron chi connectivity index (χ2n) is 5.13. The second-order valence-corrected chi connectivity index (χ2v) is 5.13. The zero-order valence-corrected chi connectivity index (χ0v) is 11.9. The summed E-state index contributed by atoms with van der Waals surface area (Å²) in [7, 11) is 0. The molecule has 2 aromatic rings. The summed E-state index contributed by atoms with van der Waals surface area (Å²) in [6.45, 7) is 0.493. The van der Waals surface area contributed by atoms with Gasteiger partial charge in [0, 0.05) is 5.56 Å². The Kier molecular flexibility index (Phi) is 3.78. The average Bonchev–Trinajstić information content (AvgIpc) is 2.54. The summed E-state index contributed by atoms with van der Waals surface area (Å²) in [6.07, 6.45) is 0.599. The summed E-state index contributed by atoms with van der Waals surface area (Å²) in [5, 5.41) is 2.81. The predicted octanol–water partition coefficient (Wildman–Crippen LogP) is 2.29. The first-order chi connectivity index (χ1) is 10.7. The van der Waals surface area contributed by atoms with Crippen LogP contribution in [0.15, 0.2) is 48.5 Å². The molecule has 5 heteroatoms. The Morgan fingerprint density at radius 1 is 1.09 bits per heavy atom. The van der Waals surface area contributed by atoms with Crippen molar-refractivity contribution in [2.75, 3.05) is 11.9 Å². The van der Waals surface area contributed by atoms with E-state index in [1.807, 2.05) is 24.3 Å². The molecule has 0 saturated carbocycles. The largest absolute Gasteiger partial charge is 0.493 e. The lowest BCUT2D eigenvalue weighted by Crippen LogP contribution is -2.27. The number of ether oxygens (including phenoxy) is 1. The van der Waals surface area contributed by atoms with Crippen LogP contribution in [0.3, 0.4) is 0 Å². The first-order valence-electron chi connectivity index (χ1n) is 7.08. The van der Waals surface area contributed by atoms with Gasteiger partial charge in [0.05, 0.1) is 23.8 Å². The highest BCUT2D eigenvalue weighted by molar-refractivity contribution is 6.04. The van der Waals surface area contributed by atoms with Crippen molar-refractivity contribution < 1.29 is 14.3 Å². The van der Waals surface area contributed by atoms with Crippen LogP contribution in [0.2, 0.25) is 0 Å². The van der Waals surface area contributed by atoms with Crippen LogP contribution < -0.4 is 15.8 Å². The molecule has 0 bridgehead atoms. The number of carbonyl (C=O) groups excluding carboxylic acids is 2. The van der Waals surface area contributed by atoms with Crippen LogP contribution in [0.25, 0.3) is 0 Å². The van der Waals surface area contributed by atoms with Crippen molar-refractivity contribution in [1.29, 1.82) is 0 Å². The van der Waals surface area contributed by atoms with Crippen LogP contribution in [0, 0.1) is 0 Å². The van der Waals surface area contributed by atoms with Gasteiger partial charge in [0.15, 0.2) is 0 Å². The van der Waals surface area contributed by atoms with Crippen molar-refractivity contribution >= 4 is 17.5 Å². The number of benzene rings is 2. The van der Waals surface area contributed by atoms with Gasteiger partial charge in [-0.15, -0.1) is 0 Å². The molecule has 1 aliphatic heterocycles. The molecule has 0 saturated heterocycles. The normalized spacial score (nSPS) is 16.3. The molecule has 0 aromatic heterocycles. The highest BCUT2D eigenvalue weighted by Gasteiger charge is 2.28. The number of rotatable bonds is 3. The SMILES string of the molecule is NC(=O)c1ccccc1NC(=O)C1CCOc2ccccc21. The average molecular weight is 296 g/mol. The number of hydrogen-bond acceptors (Lipinski definition) is 3. The summed E-state index contributed by atoms with van der Waals surface area (Å²) >= 11 is 0. The van der Waals surface area contributed by atoms with E-state index in [-0.39, 0.29) is 11.8 Å². The first kappa shape index (κ1) is 14.1. The highest BCUT2D eigenvalue weighted by Crippen LogP contribution is 2.34. The molecule has 112 valence electrons. The molecule has 5 nitrogen and oxygen atoms in total. The molecule has 0 radical (unpaired) electrons. The zero-order valence-electron chi connectivity index (χ0n) is 11.9. The standard InChI is InChI=1S/C17H16N2O3/c18-16(20)13-6-1-3-7-14(13)19-17(21)12-9-10-22-15-8-4-2-5-11(12)15/h1-8,12H,9-10H2,(H2,18,20)(H,19,21). The van der Waals surface area contributed by atoms with Gasteiger partial charge in [-0.2, -0.15) is 0 Å². The molecule has 1 unspecified atom stereocenters. The van der Waals surface area contributed by atoms with Gasteiger partial charge in [-0.25, -0.2) is 0 Å². The van der Waals surface area contributed by atoms with Gasteiger partial charge in [0.2, 0.25) is 5.91 Å². The van der Waals surface area contributed by atoms with Crippen LogP contribution in [0.5, 0.6) is 5.75 Å². The summed E-state index contributed by atoms with van der Waals surface area (Å²) in [5.41, 5.74) is 6.94. The van der Waals surface area contributed by atoms with E-state index < -0.39 is 5.91 Å². The van der Waals surface area contributed by atoms with Gasteiger partial charge in [-0.1, -0.05) is 30.3 Å². The number of hydrogen-bond donors (Lipinski definition) is 2. The summed E-state index contributed by atoms with van der Waals surface area (Å²) in [5.74, 6) is -0.296. The number of nitrogens with one attached hydrogen (secondary N) is 1. The molecule has 1 heterocycles. The number of nitrogens with two attached hydrogens (primary N) is 1. The Morgan fingerprint density at radius 2 is 1.82 bits per heavy atom. The van der Waals surface area contributed by atoms with E-state index in [0.29, 0.717) is 24.3 Å². The molecule has 0 spiro atoms. The van der Waals surface area contributed by atoms with E-state index >= 15 is 0 Å². The Morgan fingerprint density at radius 3 is 2.64 bits per heavy atom. The number of fused-ring (bicyclic) bond motifs is 1. The molecule has 1 atom stereocenters. The lowest BCUT2D eigenvalue weighted by Gasteiger charge is -2.25. The number of para-hydroxylation sites is 2. The van der Waals surface area contributed by atoms with Crippen molar-refractivity contribution in [3.63, 3.8) is 0 Å². The van der Waals surface area contributed by atoms with E-state index in [1.54, 1.807) is 24.3 Å². The smallest absolute Gasteiger partial charge is 0.250 e. The molecule has 0 fully saturated rings. The molecule has 0 aliphatic carbocycles. The Hall–Kier alpha value is -2.82. The van der Waals surface area contributed by atoms with Crippen LogP contribution in [-0.4, -0.2) is 18.4 Å². The molecule has 3 N–H and O–H groups in total. The Labute approximate surface area is 128 Å². The topological polar surface area (TPSA) is 81.4 Å². The number of amides is 2. The zero-order chi connectivity index (χ0) is 15.5. The van der Waals surface area contributed by atoms with Gasteiger partial charge >= 0.3 is 0 Å². The highest BCUT2D eigenvalue weighted by atomic mass is 16.5. The van der Waals surface area contributed by atoms with Gasteiger partial charge in [-0.3, -0.25) is 9.59 Å². The fraction of sp³-hybridized carbons (Fsp3) is 0.176. The van der Waals surface area contributed by atoms with E-state index in [2.05, 4.69) is 5.32 Å². The quantitative estimate of drug-likeness (QED) is 0.911. The third-order valence-electron chi connectivity index (χ3n) is 3.73. The number of anilines is 1. The van der Waals surface area contributed by atoms with Crippen molar-refractivity contribution in [3.05, 3.63) is 59.7 Å². The molecular weight excluding hydrogens is 280 g/mol. The van der Waals surface area contributed by atoms with Gasteiger partial charge in [0.1, 0.15) is 5.75 Å². The minimum Gasteiger partial charge on any atom is -0.493 e. The van der Waals surface area contributed by atoms with Crippen LogP contribution in [0.1, 0.15) is 28.3 Å². The van der Waals surface area contributed by atoms with Crippen molar-refractivity contribution in [3.8, 4) is 5.75 Å². The van der Waals surface area contributed by atoms with Crippen LogP contribution >= 0.6 is 0 Å². The van der Waals surface area contributed by atoms with Gasteiger partial charge in [0.25, 0.3) is 5.91 Å². The first-order valence-corrected chi connectivity index (χ1v) is 7.08. The fourth-order valence-electron chi connectivity index (χ4n) is 2.64. The maximum absolute atomic E-state index is 12.6. The van der Waals surface area contributed by atoms with E-state index in [4.69, 9.17) is 10.5 Å². The molecule has 2 aromatic carbocycles. The molecular formula is C17H16N2O3. The van der Waals surface area contributed by atoms with E-state index in [9.17, 15) is 9.59 Å². The van der Waals surface area contributed by atoms with E-state index in [1.165, 1.54) is 0 Å². The fourth-order valence-corrected chi connectivity index (χ4v) is 2.64. The lowest BCUT2D eigenvalue weighted by molar-refractivity contribution is -0.118. The van der Waals surface area contributed by atoms with E-state index in [0.717, 1.165) is 11.3 Å². The Bertz CT molecular complexity index is 727. The molecule has 2 amide bonds. The summed E-state index contributed by atoms with van der Waals surface area (Å²) < 4.78 is 5.56. The minimum atomic E-state index is -0.566. The minimum absolute atomic E-state index is 0.163. The number of carbonyl (C=O) groups is 2. The predicted molar refractivity (Wildman–Crippen MR) is 82.9 cm³/mol. The lowest BCUT2D eigenvalue weighted by atomic mass is 9.92. The summed E-state index contributed by atoms with van der Waals surface area (Å²) in [6, 6.07) is 14.2. The maximum Gasteiger partial charge on any atom is 0.250 e. The maximum atomic E-state index is 12.6. The molecule has 22 heavy (non-hydrogen) atoms. The monoisotopic (exact) mass is 296 g/mol. The number of primary amides is 1. The van der Waals surface area contributed by atoms with Crippen LogP contribution in [0.4, 0.5) is 5.69 Å². The molecule has 3 rings (SSSR count). The molecule has 1 aliphatic rings. The Balaban J connectivity index is 1.86. The van der Waals surface area contributed by atoms with Crippen molar-refractivity contribution in [2.45, 2.75) is 12.3 Å². The summed E-state index contributed by atoms with van der Waals surface area (Å²) in [4.78, 5) is 24.0. The van der Waals surface area contributed by atoms with Gasteiger partial charge in [-0.05, 0) is 24.6 Å². The van der Waals surface area contributed by atoms with Gasteiger partial charge < -0.3 is 15.8 Å². The van der Waals surface area contributed by atoms with Crippen molar-refractivity contribution in [2.24, 2.45) is 5.73 Å². The second kappa shape index (κ2) is 5.89. The third-order valence-corrected chi connectivity index (χ3v) is 3.73.